The third-order valence-corrected chi connectivity index (χ3v) is 6.58. The van der Waals surface area contributed by atoms with Gasteiger partial charge >= 0.3 is 0 Å². The van der Waals surface area contributed by atoms with Gasteiger partial charge in [0.2, 0.25) is 5.89 Å². The number of oxazole rings is 1. The predicted octanol–water partition coefficient (Wildman–Crippen LogP) is 6.26. The van der Waals surface area contributed by atoms with Crippen molar-refractivity contribution in [2.45, 2.75) is 84.7 Å². The number of rotatable bonds is 2. The minimum absolute atomic E-state index is 0.447. The number of hydrogen-bond acceptors (Lipinski definition) is 3. The van der Waals surface area contributed by atoms with Crippen molar-refractivity contribution in [2.75, 3.05) is 0 Å². The fourth-order valence-electron chi connectivity index (χ4n) is 5.44. The summed E-state index contributed by atoms with van der Waals surface area (Å²) in [6.45, 7) is 13.1. The fourth-order valence-corrected chi connectivity index (χ4v) is 5.44. The van der Waals surface area contributed by atoms with Crippen LogP contribution in [0.2, 0.25) is 0 Å². The highest BCUT2D eigenvalue weighted by atomic mass is 16.4. The molecule has 0 saturated heterocycles. The standard InChI is InChI=1S/C23H31NO2/c1-11(2)9-16-10-13(4)17-8-7-12(3)18-20(17)19(16)14(5)21-22(18)26-23(24-21)15(6)25/h9,12-13,15-17,25H,7-8,10H2,1-6H3/t12-,13-,15+,16+,17?/m0/s1. The van der Waals surface area contributed by atoms with E-state index in [0.29, 0.717) is 29.6 Å². The summed E-state index contributed by atoms with van der Waals surface area (Å²) < 4.78 is 6.13. The number of aliphatic hydroxyl groups is 1. The van der Waals surface area contributed by atoms with Crippen LogP contribution in [0.3, 0.4) is 0 Å². The van der Waals surface area contributed by atoms with Crippen molar-refractivity contribution < 1.29 is 9.52 Å². The second-order valence-corrected chi connectivity index (χ2v) is 8.92. The van der Waals surface area contributed by atoms with Gasteiger partial charge in [0.05, 0.1) is 0 Å². The van der Waals surface area contributed by atoms with Gasteiger partial charge in [-0.15, -0.1) is 0 Å². The number of aliphatic hydroxyl groups excluding tert-OH is 1. The van der Waals surface area contributed by atoms with Gasteiger partial charge in [-0.1, -0.05) is 25.5 Å². The van der Waals surface area contributed by atoms with Gasteiger partial charge < -0.3 is 9.52 Å². The van der Waals surface area contributed by atoms with Crippen molar-refractivity contribution in [1.29, 1.82) is 0 Å². The molecule has 2 aromatic rings. The molecule has 5 atom stereocenters. The Bertz CT molecular complexity index is 885. The molecule has 26 heavy (non-hydrogen) atoms. The Morgan fingerprint density at radius 1 is 1.19 bits per heavy atom. The third-order valence-electron chi connectivity index (χ3n) is 6.58. The van der Waals surface area contributed by atoms with Crippen molar-refractivity contribution in [3.63, 3.8) is 0 Å². The first kappa shape index (κ1) is 17.8. The average molecular weight is 354 g/mol. The maximum absolute atomic E-state index is 10.0. The van der Waals surface area contributed by atoms with Gasteiger partial charge in [0.1, 0.15) is 11.6 Å². The minimum atomic E-state index is -0.673. The van der Waals surface area contributed by atoms with E-state index in [9.17, 15) is 5.11 Å². The second-order valence-electron chi connectivity index (χ2n) is 8.92. The summed E-state index contributed by atoms with van der Waals surface area (Å²) in [4.78, 5) is 4.71. The van der Waals surface area contributed by atoms with E-state index in [1.165, 1.54) is 41.5 Å². The lowest BCUT2D eigenvalue weighted by Gasteiger charge is -2.42. The maximum Gasteiger partial charge on any atom is 0.224 e. The van der Waals surface area contributed by atoms with Crippen molar-refractivity contribution in [1.82, 2.24) is 4.98 Å². The van der Waals surface area contributed by atoms with E-state index < -0.39 is 6.10 Å². The Morgan fingerprint density at radius 3 is 2.58 bits per heavy atom. The van der Waals surface area contributed by atoms with Crippen molar-refractivity contribution in [2.24, 2.45) is 5.92 Å². The van der Waals surface area contributed by atoms with Crippen LogP contribution < -0.4 is 0 Å². The summed E-state index contributed by atoms with van der Waals surface area (Å²) in [6, 6.07) is 0. The molecule has 1 aromatic carbocycles. The molecule has 1 N–H and O–H groups in total. The Morgan fingerprint density at radius 2 is 1.92 bits per heavy atom. The lowest BCUT2D eigenvalue weighted by molar-refractivity contribution is 0.165. The van der Waals surface area contributed by atoms with E-state index in [-0.39, 0.29) is 0 Å². The molecule has 0 radical (unpaired) electrons. The summed E-state index contributed by atoms with van der Waals surface area (Å²) in [5, 5.41) is 10.0. The maximum atomic E-state index is 10.0. The topological polar surface area (TPSA) is 46.3 Å². The molecule has 0 saturated carbocycles. The summed E-state index contributed by atoms with van der Waals surface area (Å²) in [5.41, 5.74) is 8.93. The molecule has 140 valence electrons. The number of aryl methyl sites for hydroxylation is 1. The van der Waals surface area contributed by atoms with Crippen LogP contribution in [0.1, 0.15) is 106 Å². The van der Waals surface area contributed by atoms with Crippen LogP contribution >= 0.6 is 0 Å². The number of hydrogen-bond donors (Lipinski definition) is 1. The highest BCUT2D eigenvalue weighted by Crippen LogP contribution is 2.55. The van der Waals surface area contributed by atoms with Gasteiger partial charge in [-0.3, -0.25) is 0 Å². The van der Waals surface area contributed by atoms with Crippen LogP contribution in [-0.4, -0.2) is 10.1 Å². The zero-order chi connectivity index (χ0) is 18.7. The second kappa shape index (κ2) is 6.23. The Labute approximate surface area is 156 Å². The molecule has 3 nitrogen and oxygen atoms in total. The largest absolute Gasteiger partial charge is 0.438 e. The molecule has 2 aliphatic rings. The van der Waals surface area contributed by atoms with E-state index in [1.807, 2.05) is 0 Å². The van der Waals surface area contributed by atoms with Crippen LogP contribution in [-0.2, 0) is 0 Å². The fraction of sp³-hybridized carbons (Fsp3) is 0.609. The Kier molecular flexibility index (Phi) is 4.26. The van der Waals surface area contributed by atoms with Crippen molar-refractivity contribution >= 4 is 11.1 Å². The lowest BCUT2D eigenvalue weighted by Crippen LogP contribution is -2.28. The molecular weight excluding hydrogens is 322 g/mol. The highest BCUT2D eigenvalue weighted by molar-refractivity contribution is 5.85. The van der Waals surface area contributed by atoms with Gasteiger partial charge in [0, 0.05) is 11.5 Å². The van der Waals surface area contributed by atoms with Gasteiger partial charge in [-0.2, -0.15) is 0 Å². The molecule has 0 aliphatic heterocycles. The molecule has 0 fully saturated rings. The number of fused-ring (bicyclic) bond motifs is 2. The van der Waals surface area contributed by atoms with Crippen LogP contribution in [0.25, 0.3) is 11.1 Å². The molecule has 1 aromatic heterocycles. The average Bonchev–Trinajstić information content (AvgIpc) is 2.99. The minimum Gasteiger partial charge on any atom is -0.438 e. The van der Waals surface area contributed by atoms with E-state index in [4.69, 9.17) is 9.40 Å². The van der Waals surface area contributed by atoms with Crippen molar-refractivity contribution in [3.8, 4) is 0 Å². The Balaban J connectivity index is 2.09. The van der Waals surface area contributed by atoms with Gasteiger partial charge in [-0.25, -0.2) is 4.98 Å². The molecule has 0 spiro atoms. The number of benzene rings is 1. The highest BCUT2D eigenvalue weighted by Gasteiger charge is 2.40. The molecule has 2 aliphatic carbocycles. The monoisotopic (exact) mass is 353 g/mol. The van der Waals surface area contributed by atoms with Gasteiger partial charge in [-0.05, 0) is 81.4 Å². The van der Waals surface area contributed by atoms with Gasteiger partial charge in [0.25, 0.3) is 0 Å². The van der Waals surface area contributed by atoms with E-state index in [2.05, 4.69) is 40.7 Å². The summed E-state index contributed by atoms with van der Waals surface area (Å²) >= 11 is 0. The molecule has 0 amide bonds. The first-order chi connectivity index (χ1) is 12.3. The third kappa shape index (κ3) is 2.55. The quantitative estimate of drug-likeness (QED) is 0.648. The first-order valence-corrected chi connectivity index (χ1v) is 10.1. The SMILES string of the molecule is CC(C)=C[C@@H]1C[C@H](C)C2CC[C@H](C)c3c2c1c(C)c1nc([C@@H](C)O)oc31. The van der Waals surface area contributed by atoms with Crippen molar-refractivity contribution in [3.05, 3.63) is 39.8 Å². The van der Waals surface area contributed by atoms with E-state index >= 15 is 0 Å². The van der Waals surface area contributed by atoms with Crippen LogP contribution in [0.15, 0.2) is 16.1 Å². The summed E-state index contributed by atoms with van der Waals surface area (Å²) in [5.74, 6) is 2.70. The van der Waals surface area contributed by atoms with E-state index in [0.717, 1.165) is 11.1 Å². The summed E-state index contributed by atoms with van der Waals surface area (Å²) in [7, 11) is 0. The lowest BCUT2D eigenvalue weighted by atomic mass is 9.62. The normalized spacial score (nSPS) is 28.7. The van der Waals surface area contributed by atoms with E-state index in [1.54, 1.807) is 12.5 Å². The first-order valence-electron chi connectivity index (χ1n) is 10.1. The predicted molar refractivity (Wildman–Crippen MR) is 106 cm³/mol. The molecule has 0 bridgehead atoms. The Hall–Kier alpha value is -1.61. The summed E-state index contributed by atoms with van der Waals surface area (Å²) in [6.07, 6.45) is 5.46. The molecule has 1 heterocycles. The molecule has 1 unspecified atom stereocenters. The number of nitrogens with zero attached hydrogens (tertiary/aromatic N) is 1. The van der Waals surface area contributed by atoms with Crippen LogP contribution in [0.4, 0.5) is 0 Å². The molecule has 3 heteroatoms. The zero-order valence-electron chi connectivity index (χ0n) is 16.9. The zero-order valence-corrected chi connectivity index (χ0v) is 16.9. The molecular formula is C23H31NO2. The van der Waals surface area contributed by atoms with Gasteiger partial charge in [0.15, 0.2) is 5.58 Å². The van der Waals surface area contributed by atoms with Crippen LogP contribution in [0.5, 0.6) is 0 Å². The number of allylic oxidation sites excluding steroid dienone is 2. The molecule has 4 rings (SSSR count). The smallest absolute Gasteiger partial charge is 0.224 e. The van der Waals surface area contributed by atoms with Crippen LogP contribution in [0, 0.1) is 12.8 Å². The number of aromatic nitrogens is 1.